The fourth-order valence-corrected chi connectivity index (χ4v) is 3.69. The van der Waals surface area contributed by atoms with Gasteiger partial charge in [0.15, 0.2) is 0 Å². The van der Waals surface area contributed by atoms with Gasteiger partial charge >= 0.3 is 0 Å². The Hall–Kier alpha value is -2.04. The van der Waals surface area contributed by atoms with Gasteiger partial charge in [-0.25, -0.2) is 0 Å². The normalized spacial score (nSPS) is 11.8. The zero-order chi connectivity index (χ0) is 22.1. The van der Waals surface area contributed by atoms with Crippen molar-refractivity contribution in [2.45, 2.75) is 59.0 Å². The number of hydrogen-bond donors (Lipinski definition) is 1. The smallest absolute Gasteiger partial charge is 0.242 e. The van der Waals surface area contributed by atoms with Crippen molar-refractivity contribution in [3.8, 4) is 0 Å². The molecule has 2 aromatic rings. The second-order valence-corrected chi connectivity index (χ2v) is 8.17. The minimum atomic E-state index is -0.626. The molecule has 0 saturated carbocycles. The van der Waals surface area contributed by atoms with Crippen LogP contribution in [0.1, 0.15) is 50.3 Å². The number of nitrogens with zero attached hydrogens (tertiary/aromatic N) is 1. The average molecular weight is 449 g/mol. The summed E-state index contributed by atoms with van der Waals surface area (Å²) in [4.78, 5) is 27.3. The molecule has 162 valence electrons. The monoisotopic (exact) mass is 448 g/mol. The highest BCUT2D eigenvalue weighted by Gasteiger charge is 2.27. The highest BCUT2D eigenvalue weighted by molar-refractivity contribution is 6.36. The van der Waals surface area contributed by atoms with Crippen LogP contribution < -0.4 is 5.32 Å². The number of amides is 2. The summed E-state index contributed by atoms with van der Waals surface area (Å²) in [6, 6.07) is 12.9. The van der Waals surface area contributed by atoms with Crippen molar-refractivity contribution in [2.75, 3.05) is 6.54 Å². The van der Waals surface area contributed by atoms with Gasteiger partial charge in [-0.1, -0.05) is 67.4 Å². The first-order valence-corrected chi connectivity index (χ1v) is 11.2. The summed E-state index contributed by atoms with van der Waals surface area (Å²) in [7, 11) is 0. The van der Waals surface area contributed by atoms with E-state index in [1.54, 1.807) is 30.0 Å². The van der Waals surface area contributed by atoms with E-state index in [2.05, 4.69) is 36.5 Å². The second-order valence-electron chi connectivity index (χ2n) is 7.36. The average Bonchev–Trinajstić information content (AvgIpc) is 2.75. The number of carbonyl (C=O) groups is 2. The largest absolute Gasteiger partial charge is 0.354 e. The summed E-state index contributed by atoms with van der Waals surface area (Å²) in [5.74, 6) is -0.287. The standard InChI is InChI=1S/C24H30Cl2N2O2/c1-4-15-27-24(30)17(3)28(16-20-21(25)7-6-8-22(20)26)23(29)14-13-19-11-9-18(5-2)10-12-19/h6-12,17H,4-5,13-16H2,1-3H3,(H,27,30)/t17-/m1/s1. The first kappa shape index (κ1) is 24.2. The summed E-state index contributed by atoms with van der Waals surface area (Å²) in [5.41, 5.74) is 3.01. The lowest BCUT2D eigenvalue weighted by Crippen LogP contribution is -2.47. The van der Waals surface area contributed by atoms with Crippen LogP contribution in [-0.4, -0.2) is 29.3 Å². The molecule has 2 rings (SSSR count). The van der Waals surface area contributed by atoms with Crippen LogP contribution in [0.15, 0.2) is 42.5 Å². The lowest BCUT2D eigenvalue weighted by molar-refractivity contribution is -0.140. The zero-order valence-corrected chi connectivity index (χ0v) is 19.4. The topological polar surface area (TPSA) is 49.4 Å². The molecule has 0 radical (unpaired) electrons. The molecule has 2 amide bonds. The summed E-state index contributed by atoms with van der Waals surface area (Å²) >= 11 is 12.6. The number of benzene rings is 2. The maximum Gasteiger partial charge on any atom is 0.242 e. The second kappa shape index (κ2) is 12.0. The Balaban J connectivity index is 2.18. The number of hydrogen-bond acceptors (Lipinski definition) is 2. The molecular formula is C24H30Cl2N2O2. The van der Waals surface area contributed by atoms with Crippen molar-refractivity contribution in [3.05, 3.63) is 69.2 Å². The van der Waals surface area contributed by atoms with Gasteiger partial charge in [-0.15, -0.1) is 0 Å². The van der Waals surface area contributed by atoms with Crippen LogP contribution in [0.25, 0.3) is 0 Å². The molecule has 4 nitrogen and oxygen atoms in total. The molecule has 1 N–H and O–H groups in total. The molecule has 0 spiro atoms. The SMILES string of the molecule is CCCNC(=O)[C@@H](C)N(Cc1c(Cl)cccc1Cl)C(=O)CCc1ccc(CC)cc1. The number of aryl methyl sites for hydroxylation is 2. The van der Waals surface area contributed by atoms with Crippen molar-refractivity contribution in [1.29, 1.82) is 0 Å². The fourth-order valence-electron chi connectivity index (χ4n) is 3.17. The molecule has 0 aromatic heterocycles. The van der Waals surface area contributed by atoms with Gasteiger partial charge in [-0.2, -0.15) is 0 Å². The number of rotatable bonds is 10. The Labute approximate surface area is 189 Å². The van der Waals surface area contributed by atoms with Gasteiger partial charge in [0.2, 0.25) is 11.8 Å². The Morgan fingerprint density at radius 2 is 1.60 bits per heavy atom. The van der Waals surface area contributed by atoms with Gasteiger partial charge in [-0.05, 0) is 49.4 Å². The van der Waals surface area contributed by atoms with Gasteiger partial charge < -0.3 is 10.2 Å². The van der Waals surface area contributed by atoms with E-state index in [1.165, 1.54) is 5.56 Å². The Morgan fingerprint density at radius 1 is 1.00 bits per heavy atom. The van der Waals surface area contributed by atoms with Gasteiger partial charge in [0.25, 0.3) is 0 Å². The van der Waals surface area contributed by atoms with E-state index in [1.807, 2.05) is 6.92 Å². The third-order valence-corrected chi connectivity index (χ3v) is 5.87. The highest BCUT2D eigenvalue weighted by atomic mass is 35.5. The van der Waals surface area contributed by atoms with E-state index in [4.69, 9.17) is 23.2 Å². The zero-order valence-electron chi connectivity index (χ0n) is 17.9. The summed E-state index contributed by atoms with van der Waals surface area (Å²) in [6.07, 6.45) is 2.73. The molecule has 0 aliphatic carbocycles. The Bertz CT molecular complexity index is 833. The van der Waals surface area contributed by atoms with E-state index >= 15 is 0 Å². The summed E-state index contributed by atoms with van der Waals surface area (Å²) in [5, 5.41) is 3.84. The molecule has 2 aromatic carbocycles. The predicted molar refractivity (Wildman–Crippen MR) is 124 cm³/mol. The molecule has 30 heavy (non-hydrogen) atoms. The van der Waals surface area contributed by atoms with Crippen molar-refractivity contribution in [1.82, 2.24) is 10.2 Å². The van der Waals surface area contributed by atoms with Crippen LogP contribution in [0.2, 0.25) is 10.0 Å². The van der Waals surface area contributed by atoms with Crippen LogP contribution in [0.5, 0.6) is 0 Å². The molecule has 0 saturated heterocycles. The van der Waals surface area contributed by atoms with E-state index in [0.29, 0.717) is 35.0 Å². The highest BCUT2D eigenvalue weighted by Crippen LogP contribution is 2.27. The van der Waals surface area contributed by atoms with E-state index < -0.39 is 6.04 Å². The van der Waals surface area contributed by atoms with Crippen LogP contribution in [0.4, 0.5) is 0 Å². The van der Waals surface area contributed by atoms with Crippen molar-refractivity contribution in [2.24, 2.45) is 0 Å². The maximum absolute atomic E-state index is 13.1. The minimum absolute atomic E-state index is 0.107. The molecule has 0 aliphatic rings. The molecule has 0 aliphatic heterocycles. The summed E-state index contributed by atoms with van der Waals surface area (Å²) in [6.45, 7) is 6.60. The molecule has 0 fully saturated rings. The lowest BCUT2D eigenvalue weighted by atomic mass is 10.0. The molecular weight excluding hydrogens is 419 g/mol. The molecule has 0 heterocycles. The molecule has 0 unspecified atom stereocenters. The van der Waals surface area contributed by atoms with Gasteiger partial charge in [0, 0.05) is 35.1 Å². The van der Waals surface area contributed by atoms with E-state index in [9.17, 15) is 9.59 Å². The third-order valence-electron chi connectivity index (χ3n) is 5.17. The minimum Gasteiger partial charge on any atom is -0.354 e. The quantitative estimate of drug-likeness (QED) is 0.526. The van der Waals surface area contributed by atoms with E-state index in [-0.39, 0.29) is 18.4 Å². The van der Waals surface area contributed by atoms with Gasteiger partial charge in [0.05, 0.1) is 0 Å². The van der Waals surface area contributed by atoms with Crippen LogP contribution in [0.3, 0.4) is 0 Å². The lowest BCUT2D eigenvalue weighted by Gasteiger charge is -2.29. The molecule has 1 atom stereocenters. The van der Waals surface area contributed by atoms with Crippen LogP contribution >= 0.6 is 23.2 Å². The number of nitrogens with one attached hydrogen (secondary N) is 1. The van der Waals surface area contributed by atoms with Gasteiger partial charge in [-0.3, -0.25) is 9.59 Å². The first-order chi connectivity index (χ1) is 14.4. The van der Waals surface area contributed by atoms with Crippen LogP contribution in [0, 0.1) is 0 Å². The molecule has 6 heteroatoms. The first-order valence-electron chi connectivity index (χ1n) is 10.4. The van der Waals surface area contributed by atoms with Crippen molar-refractivity contribution in [3.63, 3.8) is 0 Å². The van der Waals surface area contributed by atoms with E-state index in [0.717, 1.165) is 18.4 Å². The van der Waals surface area contributed by atoms with Crippen LogP contribution in [-0.2, 0) is 29.0 Å². The molecule has 0 bridgehead atoms. The Morgan fingerprint density at radius 3 is 2.17 bits per heavy atom. The number of carbonyl (C=O) groups excluding carboxylic acids is 2. The summed E-state index contributed by atoms with van der Waals surface area (Å²) < 4.78 is 0. The Kier molecular flexibility index (Phi) is 9.67. The third kappa shape index (κ3) is 6.75. The number of halogens is 2. The van der Waals surface area contributed by atoms with Crippen molar-refractivity contribution >= 4 is 35.0 Å². The maximum atomic E-state index is 13.1. The fraction of sp³-hybridized carbons (Fsp3) is 0.417. The predicted octanol–water partition coefficient (Wildman–Crippen LogP) is 5.43. The van der Waals surface area contributed by atoms with Crippen molar-refractivity contribution < 1.29 is 9.59 Å². The van der Waals surface area contributed by atoms with Gasteiger partial charge in [0.1, 0.15) is 6.04 Å².